The molecule has 1 saturated heterocycles. The summed E-state index contributed by atoms with van der Waals surface area (Å²) in [5.41, 5.74) is 0.772. The van der Waals surface area contributed by atoms with Crippen LogP contribution in [0, 0.1) is 0 Å². The van der Waals surface area contributed by atoms with Crippen molar-refractivity contribution < 1.29 is 27.5 Å². The highest BCUT2D eigenvalue weighted by molar-refractivity contribution is 7.89. The second-order valence-electron chi connectivity index (χ2n) is 7.19. The number of benzene rings is 1. The predicted octanol–water partition coefficient (Wildman–Crippen LogP) is 2.07. The zero-order chi connectivity index (χ0) is 23.3. The van der Waals surface area contributed by atoms with Gasteiger partial charge in [-0.2, -0.15) is 4.31 Å². The van der Waals surface area contributed by atoms with Crippen LogP contribution in [-0.2, 0) is 19.6 Å². The van der Waals surface area contributed by atoms with Crippen molar-refractivity contribution in [2.75, 3.05) is 44.6 Å². The van der Waals surface area contributed by atoms with E-state index in [1.54, 1.807) is 18.4 Å². The lowest BCUT2D eigenvalue weighted by Gasteiger charge is -2.33. The molecule has 1 aliphatic heterocycles. The summed E-state index contributed by atoms with van der Waals surface area (Å²) in [6, 6.07) is 7.49. The van der Waals surface area contributed by atoms with Gasteiger partial charge in [0.15, 0.2) is 5.78 Å². The van der Waals surface area contributed by atoms with Crippen molar-refractivity contribution >= 4 is 44.0 Å². The molecule has 172 valence electrons. The van der Waals surface area contributed by atoms with Crippen molar-refractivity contribution in [1.82, 2.24) is 9.21 Å². The van der Waals surface area contributed by atoms with Gasteiger partial charge in [-0.05, 0) is 37.4 Å². The molecule has 1 N–H and O–H groups in total. The third kappa shape index (κ3) is 5.60. The molecule has 1 aromatic carbocycles. The molecule has 9 nitrogen and oxygen atoms in total. The average Bonchev–Trinajstić information content (AvgIpc) is 3.22. The zero-order valence-corrected chi connectivity index (χ0v) is 19.5. The Morgan fingerprint density at radius 3 is 2.31 bits per heavy atom. The number of thiophene rings is 1. The normalized spacial score (nSPS) is 15.3. The van der Waals surface area contributed by atoms with Crippen LogP contribution in [0.3, 0.4) is 0 Å². The van der Waals surface area contributed by atoms with Gasteiger partial charge < -0.3 is 10.1 Å². The molecular formula is C21H25N3O6S2. The van der Waals surface area contributed by atoms with Gasteiger partial charge in [0.2, 0.25) is 15.9 Å². The lowest BCUT2D eigenvalue weighted by Crippen LogP contribution is -2.50. The first kappa shape index (κ1) is 24.1. The minimum atomic E-state index is -3.67. The van der Waals surface area contributed by atoms with Gasteiger partial charge in [-0.1, -0.05) is 12.1 Å². The summed E-state index contributed by atoms with van der Waals surface area (Å²) in [7, 11) is -3.67. The number of ether oxygens (including phenoxy) is 1. The van der Waals surface area contributed by atoms with Crippen molar-refractivity contribution in [1.29, 1.82) is 0 Å². The maximum atomic E-state index is 12.9. The smallest absolute Gasteiger partial charge is 0.341 e. The minimum Gasteiger partial charge on any atom is -0.462 e. The van der Waals surface area contributed by atoms with Crippen LogP contribution in [-0.4, -0.2) is 74.6 Å². The molecule has 1 fully saturated rings. The Labute approximate surface area is 191 Å². The fourth-order valence-electron chi connectivity index (χ4n) is 3.28. The number of carbonyl (C=O) groups excluding carboxylic acids is 3. The van der Waals surface area contributed by atoms with Gasteiger partial charge >= 0.3 is 5.97 Å². The Morgan fingerprint density at radius 2 is 1.72 bits per heavy atom. The number of piperazine rings is 1. The van der Waals surface area contributed by atoms with E-state index in [4.69, 9.17) is 4.74 Å². The topological polar surface area (TPSA) is 113 Å². The van der Waals surface area contributed by atoms with Crippen LogP contribution in [0.4, 0.5) is 5.00 Å². The number of rotatable bonds is 8. The van der Waals surface area contributed by atoms with E-state index in [2.05, 4.69) is 5.32 Å². The summed E-state index contributed by atoms with van der Waals surface area (Å²) in [5, 5.41) is 4.87. The van der Waals surface area contributed by atoms with Crippen LogP contribution in [0.1, 0.15) is 34.6 Å². The fourth-order valence-corrected chi connectivity index (χ4v) is 5.50. The lowest BCUT2D eigenvalue weighted by molar-refractivity contribution is -0.117. The van der Waals surface area contributed by atoms with Crippen LogP contribution in [0.2, 0.25) is 0 Å². The highest BCUT2D eigenvalue weighted by Crippen LogP contribution is 2.24. The molecule has 2 heterocycles. The van der Waals surface area contributed by atoms with E-state index >= 15 is 0 Å². The molecule has 32 heavy (non-hydrogen) atoms. The van der Waals surface area contributed by atoms with E-state index in [9.17, 15) is 22.8 Å². The number of hydrogen-bond acceptors (Lipinski definition) is 8. The summed E-state index contributed by atoms with van der Waals surface area (Å²) < 4.78 is 32.1. The number of carbonyl (C=O) groups is 3. The van der Waals surface area contributed by atoms with Crippen molar-refractivity contribution in [3.63, 3.8) is 0 Å². The molecule has 0 radical (unpaired) electrons. The Hall–Kier alpha value is -2.60. The Morgan fingerprint density at radius 1 is 1.06 bits per heavy atom. The number of amides is 1. The summed E-state index contributed by atoms with van der Waals surface area (Å²) in [6.07, 6.45) is 0. The molecule has 0 saturated carbocycles. The molecule has 3 rings (SSSR count). The van der Waals surface area contributed by atoms with Gasteiger partial charge in [-0.15, -0.1) is 11.3 Å². The van der Waals surface area contributed by atoms with Gasteiger partial charge in [-0.25, -0.2) is 13.2 Å². The number of sulfonamides is 1. The van der Waals surface area contributed by atoms with Crippen LogP contribution < -0.4 is 5.32 Å². The molecule has 11 heteroatoms. The summed E-state index contributed by atoms with van der Waals surface area (Å²) in [6.45, 7) is 4.75. The number of anilines is 1. The van der Waals surface area contributed by atoms with Gasteiger partial charge in [0.25, 0.3) is 0 Å². The Kier molecular flexibility index (Phi) is 7.77. The lowest BCUT2D eigenvalue weighted by atomic mass is 10.2. The first-order valence-corrected chi connectivity index (χ1v) is 12.4. The Balaban J connectivity index is 1.54. The SMILES string of the molecule is CCOC(=O)c1ccsc1NC(=O)CN1CCN(S(=O)(=O)c2ccc(C(C)=O)cc2)CC1. The summed E-state index contributed by atoms with van der Waals surface area (Å²) in [4.78, 5) is 37.8. The highest BCUT2D eigenvalue weighted by atomic mass is 32.2. The fraction of sp³-hybridized carbons (Fsp3) is 0.381. The predicted molar refractivity (Wildman–Crippen MR) is 121 cm³/mol. The van der Waals surface area contributed by atoms with Crippen molar-refractivity contribution in [3.05, 3.63) is 46.8 Å². The van der Waals surface area contributed by atoms with Gasteiger partial charge in [0.05, 0.1) is 23.6 Å². The minimum absolute atomic E-state index is 0.0847. The standard InChI is InChI=1S/C21H25N3O6S2/c1-3-30-21(27)18-8-13-31-20(18)22-19(26)14-23-9-11-24(12-10-23)32(28,29)17-6-4-16(5-7-17)15(2)25/h4-8,13H,3,9-12,14H2,1-2H3,(H,22,26). The van der Waals surface area contributed by atoms with Crippen LogP contribution in [0.25, 0.3) is 0 Å². The van der Waals surface area contributed by atoms with Crippen LogP contribution in [0.5, 0.6) is 0 Å². The van der Waals surface area contributed by atoms with Crippen LogP contribution in [0.15, 0.2) is 40.6 Å². The highest BCUT2D eigenvalue weighted by Gasteiger charge is 2.29. The summed E-state index contributed by atoms with van der Waals surface area (Å²) >= 11 is 1.24. The maximum Gasteiger partial charge on any atom is 0.341 e. The third-order valence-electron chi connectivity index (χ3n) is 5.01. The number of nitrogens with one attached hydrogen (secondary N) is 1. The molecule has 1 aromatic heterocycles. The molecule has 1 aliphatic rings. The quantitative estimate of drug-likeness (QED) is 0.455. The van der Waals surface area contributed by atoms with E-state index in [-0.39, 0.29) is 42.8 Å². The molecule has 0 aliphatic carbocycles. The van der Waals surface area contributed by atoms with E-state index in [1.165, 1.54) is 46.8 Å². The number of hydrogen-bond donors (Lipinski definition) is 1. The zero-order valence-electron chi connectivity index (χ0n) is 17.9. The van der Waals surface area contributed by atoms with E-state index in [0.29, 0.717) is 29.2 Å². The molecule has 0 bridgehead atoms. The van der Waals surface area contributed by atoms with Gasteiger partial charge in [-0.3, -0.25) is 14.5 Å². The van der Waals surface area contributed by atoms with E-state index in [0.717, 1.165) is 0 Å². The molecule has 1 amide bonds. The number of esters is 1. The number of Topliss-reactive ketones (excluding diaryl/α,β-unsaturated/α-hetero) is 1. The van der Waals surface area contributed by atoms with Gasteiger partial charge in [0.1, 0.15) is 5.00 Å². The first-order valence-electron chi connectivity index (χ1n) is 10.1. The molecule has 0 spiro atoms. The maximum absolute atomic E-state index is 12.9. The third-order valence-corrected chi connectivity index (χ3v) is 7.75. The van der Waals surface area contributed by atoms with Crippen LogP contribution >= 0.6 is 11.3 Å². The number of nitrogens with zero attached hydrogens (tertiary/aromatic N) is 2. The largest absolute Gasteiger partial charge is 0.462 e. The number of ketones is 1. The Bertz CT molecular complexity index is 1090. The van der Waals surface area contributed by atoms with E-state index < -0.39 is 16.0 Å². The monoisotopic (exact) mass is 479 g/mol. The average molecular weight is 480 g/mol. The second kappa shape index (κ2) is 10.3. The van der Waals surface area contributed by atoms with Gasteiger partial charge in [0, 0.05) is 31.7 Å². The molecule has 0 unspecified atom stereocenters. The van der Waals surface area contributed by atoms with Crippen molar-refractivity contribution in [3.8, 4) is 0 Å². The summed E-state index contributed by atoms with van der Waals surface area (Å²) in [5.74, 6) is -0.897. The molecule has 0 atom stereocenters. The van der Waals surface area contributed by atoms with Crippen molar-refractivity contribution in [2.45, 2.75) is 18.7 Å². The van der Waals surface area contributed by atoms with Crippen molar-refractivity contribution in [2.24, 2.45) is 0 Å². The molecular weight excluding hydrogens is 454 g/mol. The second-order valence-corrected chi connectivity index (χ2v) is 10.0. The molecule has 2 aromatic rings. The van der Waals surface area contributed by atoms with E-state index in [1.807, 2.05) is 4.90 Å². The first-order chi connectivity index (χ1) is 15.2.